The lowest BCUT2D eigenvalue weighted by Crippen LogP contribution is -2.13. The zero-order valence-corrected chi connectivity index (χ0v) is 7.64. The second-order valence-electron chi connectivity index (χ2n) is 1.94. The first kappa shape index (κ1) is 10.1. The van der Waals surface area contributed by atoms with Crippen LogP contribution in [-0.4, -0.2) is 30.1 Å². The molecule has 0 aliphatic heterocycles. The normalized spacial score (nSPS) is 9.00. The Morgan fingerprint density at radius 1 is 1.64 bits per heavy atom. The van der Waals surface area contributed by atoms with E-state index in [0.717, 1.165) is 0 Å². The van der Waals surface area contributed by atoms with Crippen molar-refractivity contribution in [3.63, 3.8) is 0 Å². The van der Waals surface area contributed by atoms with E-state index < -0.39 is 5.97 Å². The van der Waals surface area contributed by atoms with Crippen molar-refractivity contribution in [3.05, 3.63) is 4.98 Å². The van der Waals surface area contributed by atoms with Gasteiger partial charge >= 0.3 is 11.0 Å². The highest BCUT2D eigenvalue weighted by molar-refractivity contribution is 8.15. The molecule has 62 valence electrons. The van der Waals surface area contributed by atoms with Crippen LogP contribution in [-0.2, 0) is 9.53 Å². The van der Waals surface area contributed by atoms with Crippen LogP contribution >= 0.6 is 10.5 Å². The molecule has 0 aromatic heterocycles. The summed E-state index contributed by atoms with van der Waals surface area (Å²) in [5, 5.41) is 8.39. The molecule has 0 atom stereocenters. The topological polar surface area (TPSA) is 54.5 Å². The van der Waals surface area contributed by atoms with Gasteiger partial charge in [0.05, 0.1) is 6.61 Å². The monoisotopic (exact) mass is 175 g/mol. The fraction of sp³-hybridized carbons (Fsp3) is 0.667. The van der Waals surface area contributed by atoms with Crippen molar-refractivity contribution in [2.45, 2.75) is 6.92 Å². The summed E-state index contributed by atoms with van der Waals surface area (Å²) in [5.41, 5.74) is 0. The van der Waals surface area contributed by atoms with Crippen LogP contribution in [0.5, 0.6) is 0 Å². The summed E-state index contributed by atoms with van der Waals surface area (Å²) < 4.78 is 4.63. The Labute approximate surface area is 68.1 Å². The van der Waals surface area contributed by atoms with Gasteiger partial charge in [-0.2, -0.15) is 0 Å². The predicted molar refractivity (Wildman–Crippen MR) is 46.2 cm³/mol. The van der Waals surface area contributed by atoms with Crippen LogP contribution in [0.4, 0.5) is 0 Å². The first-order valence-electron chi connectivity index (χ1n) is 3.10. The van der Waals surface area contributed by atoms with Crippen LogP contribution < -0.4 is 0 Å². The SMILES string of the molecule is CCOC(=O)C([N+]#N)=S(C)C. The average Bonchev–Trinajstić information content (AvgIpc) is 1.88. The lowest BCUT2D eigenvalue weighted by molar-refractivity contribution is -0.134. The Morgan fingerprint density at radius 3 is 2.45 bits per heavy atom. The first-order chi connectivity index (χ1) is 5.13. The fourth-order valence-electron chi connectivity index (χ4n) is 0.482. The summed E-state index contributed by atoms with van der Waals surface area (Å²) in [6.07, 6.45) is 3.57. The summed E-state index contributed by atoms with van der Waals surface area (Å²) in [5.74, 6) is -0.539. The minimum absolute atomic E-state index is 0.0897. The highest BCUT2D eigenvalue weighted by Gasteiger charge is 2.25. The molecule has 0 saturated carbocycles. The predicted octanol–water partition coefficient (Wildman–Crippen LogP) is 1.06. The zero-order chi connectivity index (χ0) is 8.85. The van der Waals surface area contributed by atoms with Gasteiger partial charge in [-0.3, -0.25) is 0 Å². The molecule has 0 unspecified atom stereocenters. The molecular formula is C6H11N2O2S+. The maximum Gasteiger partial charge on any atom is 0.493 e. The van der Waals surface area contributed by atoms with Gasteiger partial charge in [0.1, 0.15) is 0 Å². The molecule has 0 amide bonds. The van der Waals surface area contributed by atoms with Crippen molar-refractivity contribution in [1.29, 1.82) is 5.39 Å². The Morgan fingerprint density at radius 2 is 2.18 bits per heavy atom. The van der Waals surface area contributed by atoms with Gasteiger partial charge in [0.15, 0.2) is 4.98 Å². The second-order valence-corrected chi connectivity index (χ2v) is 3.96. The van der Waals surface area contributed by atoms with Crippen LogP contribution in [0.1, 0.15) is 6.92 Å². The molecular weight excluding hydrogens is 164 g/mol. The van der Waals surface area contributed by atoms with Crippen molar-refractivity contribution in [2.75, 3.05) is 19.1 Å². The molecule has 11 heavy (non-hydrogen) atoms. The molecule has 0 aliphatic carbocycles. The molecule has 0 N–H and O–H groups in total. The molecule has 0 rings (SSSR count). The molecule has 0 aromatic carbocycles. The van der Waals surface area contributed by atoms with Crippen molar-refractivity contribution >= 4 is 21.4 Å². The average molecular weight is 175 g/mol. The van der Waals surface area contributed by atoms with Gasteiger partial charge in [0, 0.05) is 0 Å². The van der Waals surface area contributed by atoms with Gasteiger partial charge in [0.2, 0.25) is 5.39 Å². The maximum absolute atomic E-state index is 10.9. The van der Waals surface area contributed by atoms with E-state index in [0.29, 0.717) is 6.61 Å². The van der Waals surface area contributed by atoms with Gasteiger partial charge < -0.3 is 4.74 Å². The molecule has 0 spiro atoms. The van der Waals surface area contributed by atoms with E-state index >= 15 is 0 Å². The second kappa shape index (κ2) is 4.85. The van der Waals surface area contributed by atoms with Crippen LogP contribution in [0.25, 0.3) is 4.98 Å². The van der Waals surface area contributed by atoms with E-state index in [4.69, 9.17) is 5.39 Å². The number of nitrogens with zero attached hydrogens (tertiary/aromatic N) is 2. The number of carbonyl (C=O) groups is 1. The quantitative estimate of drug-likeness (QED) is 0.340. The largest absolute Gasteiger partial charge is 0.493 e. The van der Waals surface area contributed by atoms with Crippen molar-refractivity contribution in [3.8, 4) is 0 Å². The third kappa shape index (κ3) is 3.14. The van der Waals surface area contributed by atoms with Crippen molar-refractivity contribution in [1.82, 2.24) is 0 Å². The number of hydrogen-bond donors (Lipinski definition) is 0. The molecule has 0 heterocycles. The lowest BCUT2D eigenvalue weighted by Gasteiger charge is -1.92. The number of rotatable bonds is 1. The van der Waals surface area contributed by atoms with Crippen LogP contribution in [0, 0.1) is 5.39 Å². The summed E-state index contributed by atoms with van der Waals surface area (Å²) in [7, 11) is -0.359. The smallest absolute Gasteiger partial charge is 0.457 e. The summed E-state index contributed by atoms with van der Waals surface area (Å²) in [6, 6.07) is 0. The summed E-state index contributed by atoms with van der Waals surface area (Å²) >= 11 is 0. The highest BCUT2D eigenvalue weighted by Crippen LogP contribution is 2.05. The van der Waals surface area contributed by atoms with Crippen molar-refractivity contribution in [2.24, 2.45) is 0 Å². The van der Waals surface area contributed by atoms with Gasteiger partial charge in [-0.1, -0.05) is 10.5 Å². The standard InChI is InChI=1S/C6H11N2O2S/c1-4-10-6(9)5(8-7)11(2)3/h4H2,1-3H3/q+1. The van der Waals surface area contributed by atoms with Gasteiger partial charge in [0.25, 0.3) is 0 Å². The molecule has 0 bridgehead atoms. The molecule has 0 fully saturated rings. The van der Waals surface area contributed by atoms with E-state index in [9.17, 15) is 4.79 Å². The van der Waals surface area contributed by atoms with Crippen LogP contribution in [0.3, 0.4) is 0 Å². The minimum atomic E-state index is -0.539. The molecule has 0 aromatic rings. The van der Waals surface area contributed by atoms with Gasteiger partial charge in [-0.25, -0.2) is 4.79 Å². The number of esters is 1. The van der Waals surface area contributed by atoms with Gasteiger partial charge in [-0.05, 0) is 19.4 Å². The fourth-order valence-corrected chi connectivity index (χ4v) is 1.04. The van der Waals surface area contributed by atoms with E-state index in [1.54, 1.807) is 19.4 Å². The van der Waals surface area contributed by atoms with Crippen LogP contribution in [0.15, 0.2) is 0 Å². The Hall–Kier alpha value is -0.890. The molecule has 4 nitrogen and oxygen atoms in total. The molecule has 0 aliphatic rings. The number of hydrogen-bond acceptors (Lipinski definition) is 3. The summed E-state index contributed by atoms with van der Waals surface area (Å²) in [4.78, 5) is 13.9. The number of ether oxygens (including phenoxy) is 1. The zero-order valence-electron chi connectivity index (χ0n) is 6.83. The Balaban J connectivity index is 4.45. The van der Waals surface area contributed by atoms with Crippen molar-refractivity contribution < 1.29 is 9.53 Å². The van der Waals surface area contributed by atoms with E-state index in [-0.39, 0.29) is 15.5 Å². The van der Waals surface area contributed by atoms with Gasteiger partial charge in [-0.15, -0.1) is 0 Å². The number of diazo groups is 1. The third-order valence-electron chi connectivity index (χ3n) is 0.928. The Kier molecular flexibility index (Phi) is 4.46. The third-order valence-corrected chi connectivity index (χ3v) is 1.95. The van der Waals surface area contributed by atoms with E-state index in [1.165, 1.54) is 0 Å². The Bertz CT molecular complexity index is 225. The molecule has 0 radical (unpaired) electrons. The lowest BCUT2D eigenvalue weighted by atomic mass is 10.7. The molecule has 0 saturated heterocycles. The summed E-state index contributed by atoms with van der Waals surface area (Å²) in [6.45, 7) is 2.01. The van der Waals surface area contributed by atoms with E-state index in [1.807, 2.05) is 0 Å². The maximum atomic E-state index is 10.9. The highest BCUT2D eigenvalue weighted by atomic mass is 32.2. The minimum Gasteiger partial charge on any atom is -0.457 e. The van der Waals surface area contributed by atoms with E-state index in [2.05, 4.69) is 9.71 Å². The first-order valence-corrected chi connectivity index (χ1v) is 5.14. The number of carbonyl (C=O) groups excluding carboxylic acids is 1. The molecule has 5 heteroatoms. The van der Waals surface area contributed by atoms with Crippen LogP contribution in [0.2, 0.25) is 0 Å².